The standard InChI is InChI=1S/C19H21NO5S/c1-19(2,3)25-18(22)20-9-11-23-15-7-4-6-14(12-15)13-26-17(21)16-8-5-10-24-16/h4,6-8,12H,9,11,13H2,1-3H3,(H,20,22). The highest BCUT2D eigenvalue weighted by atomic mass is 32.2. The maximum absolute atomic E-state index is 11.9. The molecule has 0 bridgehead atoms. The van der Waals surface area contributed by atoms with Gasteiger partial charge in [-0.1, -0.05) is 23.9 Å². The summed E-state index contributed by atoms with van der Waals surface area (Å²) in [5, 5.41) is 2.46. The molecule has 6 nitrogen and oxygen atoms in total. The van der Waals surface area contributed by atoms with E-state index in [4.69, 9.17) is 13.9 Å². The van der Waals surface area contributed by atoms with Gasteiger partial charge in [-0.05, 0) is 44.5 Å². The summed E-state index contributed by atoms with van der Waals surface area (Å²) in [5.74, 6) is 1.39. The van der Waals surface area contributed by atoms with Crippen LogP contribution < -0.4 is 10.1 Å². The van der Waals surface area contributed by atoms with Crippen LogP contribution in [-0.2, 0) is 10.5 Å². The summed E-state index contributed by atoms with van der Waals surface area (Å²) < 4.78 is 15.7. The van der Waals surface area contributed by atoms with Gasteiger partial charge >= 0.3 is 6.09 Å². The molecule has 1 aromatic carbocycles. The Kier molecular flexibility index (Phi) is 6.98. The molecule has 26 heavy (non-hydrogen) atoms. The van der Waals surface area contributed by atoms with Gasteiger partial charge in [0.05, 0.1) is 6.54 Å². The van der Waals surface area contributed by atoms with Crippen molar-refractivity contribution in [3.05, 3.63) is 54.0 Å². The van der Waals surface area contributed by atoms with Gasteiger partial charge in [-0.2, -0.15) is 0 Å². The van der Waals surface area contributed by atoms with Crippen molar-refractivity contribution in [2.45, 2.75) is 32.1 Å². The highest BCUT2D eigenvalue weighted by Crippen LogP contribution is 2.21. The Hall–Kier alpha value is -2.59. The van der Waals surface area contributed by atoms with Crippen molar-refractivity contribution in [3.63, 3.8) is 0 Å². The maximum Gasteiger partial charge on any atom is 0.407 e. The van der Waals surface area contributed by atoms with E-state index in [0.717, 1.165) is 17.3 Å². The number of rotatable bonds is 7. The number of thioether (sulfide) groups is 1. The average molecular weight is 375 g/mol. The summed E-state index contributed by atoms with van der Waals surface area (Å²) in [6.07, 6.45) is 1.90. The first kappa shape index (κ1) is 19.7. The van der Waals surface area contributed by atoms with E-state index in [2.05, 4.69) is 17.6 Å². The van der Waals surface area contributed by atoms with Crippen molar-refractivity contribution in [1.82, 2.24) is 5.32 Å². The molecule has 1 heterocycles. The molecular formula is C19H21NO5S. The Bertz CT molecular complexity index is 722. The van der Waals surface area contributed by atoms with Crippen molar-refractivity contribution < 1.29 is 23.5 Å². The molecule has 2 rings (SSSR count). The number of hydrogen-bond acceptors (Lipinski definition) is 6. The van der Waals surface area contributed by atoms with Crippen molar-refractivity contribution in [1.29, 1.82) is 0 Å². The first-order valence-corrected chi connectivity index (χ1v) is 9.05. The van der Waals surface area contributed by atoms with Crippen LogP contribution in [0.25, 0.3) is 0 Å². The zero-order chi connectivity index (χ0) is 19.0. The molecule has 0 fully saturated rings. The number of amides is 1. The van der Waals surface area contributed by atoms with Crippen LogP contribution in [-0.4, -0.2) is 30.0 Å². The van der Waals surface area contributed by atoms with E-state index in [-0.39, 0.29) is 10.9 Å². The van der Waals surface area contributed by atoms with Gasteiger partial charge in [0.15, 0.2) is 0 Å². The van der Waals surface area contributed by atoms with E-state index in [1.165, 1.54) is 6.07 Å². The molecule has 1 N–H and O–H groups in total. The van der Waals surface area contributed by atoms with Crippen molar-refractivity contribution >= 4 is 23.0 Å². The van der Waals surface area contributed by atoms with E-state index in [1.54, 1.807) is 20.8 Å². The Labute approximate surface area is 157 Å². The lowest BCUT2D eigenvalue weighted by Crippen LogP contribution is -2.34. The smallest absolute Gasteiger partial charge is 0.407 e. The third kappa shape index (κ3) is 7.11. The van der Waals surface area contributed by atoms with Crippen LogP contribution >= 0.6 is 11.8 Å². The summed E-state index contributed by atoms with van der Waals surface area (Å²) in [6, 6.07) is 11.5. The fourth-order valence-electron chi connectivity index (χ4n) is 1.89. The van der Waals surface area contributed by atoms with Gasteiger partial charge in [0.25, 0.3) is 5.12 Å². The third-order valence-electron chi connectivity index (χ3n) is 2.93. The average Bonchev–Trinajstić information content (AvgIpc) is 3.10. The van der Waals surface area contributed by atoms with Crippen LogP contribution in [0, 0.1) is 12.3 Å². The van der Waals surface area contributed by atoms with Crippen LogP contribution in [0.3, 0.4) is 0 Å². The van der Waals surface area contributed by atoms with Crippen LogP contribution in [0.4, 0.5) is 4.79 Å². The minimum Gasteiger partial charge on any atom is -0.492 e. The number of benzene rings is 1. The molecule has 0 aliphatic heterocycles. The summed E-state index contributed by atoms with van der Waals surface area (Å²) in [4.78, 5) is 23.4. The van der Waals surface area contributed by atoms with E-state index < -0.39 is 11.7 Å². The van der Waals surface area contributed by atoms with Gasteiger partial charge < -0.3 is 19.2 Å². The monoisotopic (exact) mass is 375 g/mol. The van der Waals surface area contributed by atoms with E-state index >= 15 is 0 Å². The fraction of sp³-hybridized carbons (Fsp3) is 0.368. The number of hydrogen-bond donors (Lipinski definition) is 1. The number of carbonyl (C=O) groups excluding carboxylic acids is 2. The predicted molar refractivity (Wildman–Crippen MR) is 98.2 cm³/mol. The highest BCUT2D eigenvalue weighted by Gasteiger charge is 2.15. The first-order chi connectivity index (χ1) is 12.3. The molecule has 138 valence electrons. The molecule has 0 aliphatic rings. The van der Waals surface area contributed by atoms with Crippen molar-refractivity contribution in [3.8, 4) is 5.75 Å². The molecule has 0 spiro atoms. The number of carbonyl (C=O) groups is 2. The molecule has 1 amide bonds. The minimum absolute atomic E-state index is 0.171. The van der Waals surface area contributed by atoms with Gasteiger partial charge in [-0.15, -0.1) is 0 Å². The summed E-state index contributed by atoms with van der Waals surface area (Å²) >= 11 is 1.13. The lowest BCUT2D eigenvalue weighted by atomic mass is 10.2. The molecule has 0 unspecified atom stereocenters. The Morgan fingerprint density at radius 1 is 1.31 bits per heavy atom. The fourth-order valence-corrected chi connectivity index (χ4v) is 2.61. The predicted octanol–water partition coefficient (Wildman–Crippen LogP) is 3.86. The van der Waals surface area contributed by atoms with E-state index in [0.29, 0.717) is 24.7 Å². The lowest BCUT2D eigenvalue weighted by Gasteiger charge is -2.19. The molecule has 0 atom stereocenters. The van der Waals surface area contributed by atoms with Crippen LogP contribution in [0.2, 0.25) is 0 Å². The number of ether oxygens (including phenoxy) is 2. The molecule has 0 saturated carbocycles. The zero-order valence-corrected chi connectivity index (χ0v) is 15.8. The molecule has 7 heteroatoms. The van der Waals surface area contributed by atoms with Crippen LogP contribution in [0.5, 0.6) is 5.75 Å². The van der Waals surface area contributed by atoms with Gasteiger partial charge in [-0.3, -0.25) is 4.79 Å². The first-order valence-electron chi connectivity index (χ1n) is 8.07. The third-order valence-corrected chi connectivity index (χ3v) is 3.87. The normalized spacial score (nSPS) is 10.7. The van der Waals surface area contributed by atoms with Gasteiger partial charge in [0.2, 0.25) is 5.76 Å². The summed E-state index contributed by atoms with van der Waals surface area (Å²) in [7, 11) is 0. The van der Waals surface area contributed by atoms with Crippen molar-refractivity contribution in [2.24, 2.45) is 0 Å². The summed E-state index contributed by atoms with van der Waals surface area (Å²) in [5.41, 5.74) is 0.417. The Balaban J connectivity index is 1.73. The SMILES string of the molecule is CC(C)(C)OC(=O)NCCOc1cccc(CSC(=O)c2cc#co2)c1. The molecule has 2 aromatic rings. The van der Waals surface area contributed by atoms with Gasteiger partial charge in [-0.25, -0.2) is 4.79 Å². The topological polar surface area (TPSA) is 77.8 Å². The molecule has 0 saturated heterocycles. The number of alkyl carbamates (subject to hydrolysis) is 1. The van der Waals surface area contributed by atoms with Crippen molar-refractivity contribution in [2.75, 3.05) is 13.2 Å². The highest BCUT2D eigenvalue weighted by molar-refractivity contribution is 8.13. The lowest BCUT2D eigenvalue weighted by molar-refractivity contribution is 0.0520. The maximum atomic E-state index is 11.9. The van der Waals surface area contributed by atoms with Crippen LogP contribution in [0.1, 0.15) is 36.9 Å². The van der Waals surface area contributed by atoms with Gasteiger partial charge in [0.1, 0.15) is 24.2 Å². The Morgan fingerprint density at radius 3 is 2.81 bits per heavy atom. The van der Waals surface area contributed by atoms with Gasteiger partial charge in [0, 0.05) is 11.8 Å². The minimum atomic E-state index is -0.528. The summed E-state index contributed by atoms with van der Waals surface area (Å²) in [6.45, 7) is 6.06. The van der Waals surface area contributed by atoms with E-state index in [9.17, 15) is 9.59 Å². The second kappa shape index (κ2) is 9.20. The second-order valence-electron chi connectivity index (χ2n) is 6.36. The molecule has 0 radical (unpaired) electrons. The molecular weight excluding hydrogens is 354 g/mol. The quantitative estimate of drug-likeness (QED) is 0.741. The van der Waals surface area contributed by atoms with Crippen LogP contribution in [0.15, 0.2) is 34.7 Å². The molecule has 1 aromatic heterocycles. The number of nitrogens with one attached hydrogen (secondary N) is 1. The molecule has 0 aliphatic carbocycles. The largest absolute Gasteiger partial charge is 0.492 e. The zero-order valence-electron chi connectivity index (χ0n) is 15.0. The Morgan fingerprint density at radius 2 is 2.12 bits per heavy atom. The second-order valence-corrected chi connectivity index (χ2v) is 7.31. The van der Waals surface area contributed by atoms with E-state index in [1.807, 2.05) is 24.3 Å².